The molecule has 0 amide bonds. The molecule has 0 bridgehead atoms. The van der Waals surface area contributed by atoms with Crippen LogP contribution in [0.1, 0.15) is 18.1 Å². The van der Waals surface area contributed by atoms with Crippen LogP contribution in [0.3, 0.4) is 0 Å². The lowest BCUT2D eigenvalue weighted by molar-refractivity contribution is 0.203. The number of hydrogen-bond acceptors (Lipinski definition) is 3. The van der Waals surface area contributed by atoms with E-state index in [-0.39, 0.29) is 24.0 Å². The van der Waals surface area contributed by atoms with Crippen molar-refractivity contribution in [3.63, 3.8) is 0 Å². The Hall–Kier alpha value is -1.33. The van der Waals surface area contributed by atoms with Gasteiger partial charge in [0, 0.05) is 20.2 Å². The van der Waals surface area contributed by atoms with E-state index >= 15 is 0 Å². The first-order valence-corrected chi connectivity index (χ1v) is 6.30. The van der Waals surface area contributed by atoms with E-state index in [2.05, 4.69) is 21.7 Å². The number of nitrogens with zero attached hydrogens (tertiary/aromatic N) is 2. The van der Waals surface area contributed by atoms with Crippen LogP contribution in [-0.2, 0) is 11.3 Å². The van der Waals surface area contributed by atoms with Gasteiger partial charge in [0.25, 0.3) is 0 Å². The third-order valence-electron chi connectivity index (χ3n) is 2.42. The Bertz CT molecular complexity index is 457. The molecule has 2 N–H and O–H groups in total. The van der Waals surface area contributed by atoms with Gasteiger partial charge in [-0.25, -0.2) is 4.99 Å². The summed E-state index contributed by atoms with van der Waals surface area (Å²) in [5.74, 6) is 0.752. The van der Waals surface area contributed by atoms with Gasteiger partial charge in [-0.2, -0.15) is 5.26 Å². The van der Waals surface area contributed by atoms with Crippen LogP contribution in [0.5, 0.6) is 0 Å². The average molecular weight is 388 g/mol. The van der Waals surface area contributed by atoms with Crippen molar-refractivity contribution in [2.24, 2.45) is 4.99 Å². The van der Waals surface area contributed by atoms with E-state index in [9.17, 15) is 0 Å². The van der Waals surface area contributed by atoms with Crippen LogP contribution in [-0.4, -0.2) is 32.8 Å². The summed E-state index contributed by atoms with van der Waals surface area (Å²) in [6.45, 7) is 4.70. The molecule has 0 heterocycles. The second-order valence-corrected chi connectivity index (χ2v) is 3.93. The molecule has 0 atom stereocenters. The van der Waals surface area contributed by atoms with E-state index in [0.29, 0.717) is 25.3 Å². The average Bonchev–Trinajstić information content (AvgIpc) is 2.45. The molecule has 0 fully saturated rings. The highest BCUT2D eigenvalue weighted by Crippen LogP contribution is 2.05. The summed E-state index contributed by atoms with van der Waals surface area (Å²) in [6.07, 6.45) is 0. The van der Waals surface area contributed by atoms with E-state index in [1.54, 1.807) is 13.2 Å². The van der Waals surface area contributed by atoms with Gasteiger partial charge >= 0.3 is 0 Å². The fourth-order valence-electron chi connectivity index (χ4n) is 1.52. The number of halogens is 1. The van der Waals surface area contributed by atoms with E-state index in [1.807, 2.05) is 25.1 Å². The van der Waals surface area contributed by atoms with E-state index in [4.69, 9.17) is 10.00 Å². The Labute approximate surface area is 137 Å². The summed E-state index contributed by atoms with van der Waals surface area (Å²) in [5.41, 5.74) is 1.67. The topological polar surface area (TPSA) is 69.4 Å². The first-order chi connectivity index (χ1) is 9.30. The Morgan fingerprint density at radius 3 is 2.85 bits per heavy atom. The van der Waals surface area contributed by atoms with Crippen molar-refractivity contribution in [1.29, 1.82) is 5.26 Å². The lowest BCUT2D eigenvalue weighted by Gasteiger charge is -2.10. The molecule has 110 valence electrons. The van der Waals surface area contributed by atoms with Gasteiger partial charge < -0.3 is 15.4 Å². The van der Waals surface area contributed by atoms with Crippen molar-refractivity contribution in [3.8, 4) is 6.07 Å². The molecule has 5 nitrogen and oxygen atoms in total. The Morgan fingerprint density at radius 2 is 2.20 bits per heavy atom. The SMILES string of the molecule is CCNC(=NCc1cccc(C#N)c1)NCCOC.I. The number of rotatable bonds is 6. The zero-order valence-electron chi connectivity index (χ0n) is 11.8. The van der Waals surface area contributed by atoms with Crippen LogP contribution in [0.15, 0.2) is 29.3 Å². The Kier molecular flexibility index (Phi) is 10.7. The normalized spacial score (nSPS) is 10.3. The molecule has 1 aromatic carbocycles. The summed E-state index contributed by atoms with van der Waals surface area (Å²) >= 11 is 0. The molecule has 0 saturated heterocycles. The summed E-state index contributed by atoms with van der Waals surface area (Å²) in [4.78, 5) is 4.46. The highest BCUT2D eigenvalue weighted by atomic mass is 127. The molecule has 1 rings (SSSR count). The number of hydrogen-bond donors (Lipinski definition) is 2. The molecule has 0 saturated carbocycles. The van der Waals surface area contributed by atoms with Crippen LogP contribution in [0, 0.1) is 11.3 Å². The van der Waals surface area contributed by atoms with Crippen molar-refractivity contribution in [1.82, 2.24) is 10.6 Å². The van der Waals surface area contributed by atoms with Gasteiger partial charge in [-0.15, -0.1) is 24.0 Å². The number of methoxy groups -OCH3 is 1. The number of guanidine groups is 1. The monoisotopic (exact) mass is 388 g/mol. The van der Waals surface area contributed by atoms with E-state index < -0.39 is 0 Å². The quantitative estimate of drug-likeness (QED) is 0.338. The fourth-order valence-corrected chi connectivity index (χ4v) is 1.52. The molecule has 0 radical (unpaired) electrons. The molecule has 0 aliphatic heterocycles. The molecule has 0 aliphatic rings. The van der Waals surface area contributed by atoms with Crippen molar-refractivity contribution in [3.05, 3.63) is 35.4 Å². The van der Waals surface area contributed by atoms with Gasteiger partial charge in [-0.3, -0.25) is 0 Å². The minimum atomic E-state index is 0. The predicted molar refractivity (Wildman–Crippen MR) is 91.3 cm³/mol. The van der Waals surface area contributed by atoms with Crippen molar-refractivity contribution >= 4 is 29.9 Å². The van der Waals surface area contributed by atoms with Crippen molar-refractivity contribution in [2.45, 2.75) is 13.5 Å². The van der Waals surface area contributed by atoms with Crippen LogP contribution in [0.25, 0.3) is 0 Å². The van der Waals surface area contributed by atoms with E-state index in [1.165, 1.54) is 0 Å². The minimum Gasteiger partial charge on any atom is -0.383 e. The lowest BCUT2D eigenvalue weighted by Crippen LogP contribution is -2.38. The highest BCUT2D eigenvalue weighted by Gasteiger charge is 1.98. The van der Waals surface area contributed by atoms with Gasteiger partial charge in [-0.05, 0) is 24.6 Å². The number of benzene rings is 1. The zero-order valence-corrected chi connectivity index (χ0v) is 14.2. The first kappa shape index (κ1) is 18.7. The highest BCUT2D eigenvalue weighted by molar-refractivity contribution is 14.0. The number of nitrogens with one attached hydrogen (secondary N) is 2. The fraction of sp³-hybridized carbons (Fsp3) is 0.429. The summed E-state index contributed by atoms with van der Waals surface area (Å²) < 4.78 is 4.98. The molecule has 0 aliphatic carbocycles. The summed E-state index contributed by atoms with van der Waals surface area (Å²) in [6, 6.07) is 9.59. The predicted octanol–water partition coefficient (Wildman–Crippen LogP) is 1.88. The Balaban J connectivity index is 0.00000361. The Morgan fingerprint density at radius 1 is 1.40 bits per heavy atom. The number of aliphatic imine (C=N–C) groups is 1. The molecular formula is C14H21IN4O. The van der Waals surface area contributed by atoms with Crippen LogP contribution in [0.4, 0.5) is 0 Å². The maximum atomic E-state index is 8.84. The van der Waals surface area contributed by atoms with Gasteiger partial charge in [-0.1, -0.05) is 12.1 Å². The van der Waals surface area contributed by atoms with Gasteiger partial charge in [0.1, 0.15) is 0 Å². The van der Waals surface area contributed by atoms with Crippen LogP contribution >= 0.6 is 24.0 Å². The first-order valence-electron chi connectivity index (χ1n) is 6.30. The lowest BCUT2D eigenvalue weighted by atomic mass is 10.1. The van der Waals surface area contributed by atoms with Crippen molar-refractivity contribution < 1.29 is 4.74 Å². The molecule has 6 heteroatoms. The third-order valence-corrected chi connectivity index (χ3v) is 2.42. The van der Waals surface area contributed by atoms with Crippen LogP contribution in [0.2, 0.25) is 0 Å². The smallest absolute Gasteiger partial charge is 0.191 e. The molecule has 1 aromatic rings. The van der Waals surface area contributed by atoms with Gasteiger partial charge in [0.2, 0.25) is 0 Å². The summed E-state index contributed by atoms with van der Waals surface area (Å²) in [7, 11) is 1.67. The summed E-state index contributed by atoms with van der Waals surface area (Å²) in [5, 5.41) is 15.2. The number of ether oxygens (including phenoxy) is 1. The maximum absolute atomic E-state index is 8.84. The van der Waals surface area contributed by atoms with Gasteiger partial charge in [0.15, 0.2) is 5.96 Å². The molecular weight excluding hydrogens is 367 g/mol. The van der Waals surface area contributed by atoms with E-state index in [0.717, 1.165) is 18.1 Å². The largest absolute Gasteiger partial charge is 0.383 e. The van der Waals surface area contributed by atoms with Gasteiger partial charge in [0.05, 0.1) is 24.8 Å². The van der Waals surface area contributed by atoms with Crippen molar-refractivity contribution in [2.75, 3.05) is 26.8 Å². The maximum Gasteiger partial charge on any atom is 0.191 e. The molecule has 0 unspecified atom stereocenters. The standard InChI is InChI=1S/C14H20N4O.HI/c1-3-16-14(17-7-8-19-2)18-11-13-6-4-5-12(9-13)10-15;/h4-6,9H,3,7-8,11H2,1-2H3,(H2,16,17,18);1H. The molecule has 20 heavy (non-hydrogen) atoms. The third kappa shape index (κ3) is 7.31. The molecule has 0 spiro atoms. The van der Waals surface area contributed by atoms with Crippen LogP contribution < -0.4 is 10.6 Å². The minimum absolute atomic E-state index is 0. The molecule has 0 aromatic heterocycles. The zero-order chi connectivity index (χ0) is 13.9. The second kappa shape index (κ2) is 11.5. The number of nitriles is 1. The second-order valence-electron chi connectivity index (χ2n) is 3.93.